The lowest BCUT2D eigenvalue weighted by molar-refractivity contribution is 0.398. The molecule has 0 spiro atoms. The van der Waals surface area contributed by atoms with Gasteiger partial charge in [0, 0.05) is 29.8 Å². The summed E-state index contributed by atoms with van der Waals surface area (Å²) in [6.45, 7) is 1.97. The maximum absolute atomic E-state index is 15.3. The number of imidazole rings is 1. The number of benzene rings is 1. The molecule has 1 N–H and O–H groups in total. The van der Waals surface area contributed by atoms with Crippen molar-refractivity contribution in [3.8, 4) is 34.1 Å². The minimum atomic E-state index is -0.711. The third kappa shape index (κ3) is 3.85. The van der Waals surface area contributed by atoms with Crippen LogP contribution in [0.5, 0.6) is 5.88 Å². The summed E-state index contributed by atoms with van der Waals surface area (Å²) >= 11 is 6.09. The Labute approximate surface area is 214 Å². The standard InChI is InChI=1S/C24H19ClFN9O2/c1-12-7-18(23-28-10-16(30-23)13-5-6-27-19(8-13)37-2)35-20(36)9-15(31-24(12)35)21-17(34-11-29-32-33-34)4-3-14(25)22(21)26/h3-6,8-12,18H,7H2,1-2H3,(H,28,30)/t12-,18+/m1/s1. The van der Waals surface area contributed by atoms with Gasteiger partial charge in [-0.15, -0.1) is 5.10 Å². The number of hydrogen-bond acceptors (Lipinski definition) is 8. The molecular formula is C24H19ClFN9O2. The summed E-state index contributed by atoms with van der Waals surface area (Å²) in [7, 11) is 1.55. The molecular weight excluding hydrogens is 501 g/mol. The van der Waals surface area contributed by atoms with Crippen LogP contribution in [-0.4, -0.2) is 51.8 Å². The Morgan fingerprint density at radius 2 is 2.08 bits per heavy atom. The summed E-state index contributed by atoms with van der Waals surface area (Å²) in [5.74, 6) is 0.827. The van der Waals surface area contributed by atoms with Gasteiger partial charge >= 0.3 is 0 Å². The highest BCUT2D eigenvalue weighted by Crippen LogP contribution is 2.39. The Bertz CT molecular complexity index is 1680. The molecule has 0 unspecified atom stereocenters. The largest absolute Gasteiger partial charge is 0.481 e. The molecule has 1 aromatic carbocycles. The van der Waals surface area contributed by atoms with Crippen molar-refractivity contribution in [2.75, 3.05) is 7.11 Å². The predicted molar refractivity (Wildman–Crippen MR) is 131 cm³/mol. The number of nitrogens with zero attached hydrogens (tertiary/aromatic N) is 8. The zero-order valence-corrected chi connectivity index (χ0v) is 20.4. The van der Waals surface area contributed by atoms with E-state index in [0.717, 1.165) is 11.3 Å². The van der Waals surface area contributed by atoms with Crippen LogP contribution in [0.4, 0.5) is 4.39 Å². The Morgan fingerprint density at radius 3 is 2.86 bits per heavy atom. The van der Waals surface area contributed by atoms with E-state index >= 15 is 4.39 Å². The monoisotopic (exact) mass is 519 g/mol. The van der Waals surface area contributed by atoms with Crippen molar-refractivity contribution in [2.24, 2.45) is 0 Å². The third-order valence-electron chi connectivity index (χ3n) is 6.40. The van der Waals surface area contributed by atoms with Crippen LogP contribution in [0.3, 0.4) is 0 Å². The molecule has 11 nitrogen and oxygen atoms in total. The van der Waals surface area contributed by atoms with Crippen molar-refractivity contribution in [2.45, 2.75) is 25.3 Å². The Balaban J connectivity index is 1.43. The number of ether oxygens (including phenoxy) is 1. The third-order valence-corrected chi connectivity index (χ3v) is 6.69. The number of nitrogens with one attached hydrogen (secondary N) is 1. The van der Waals surface area contributed by atoms with E-state index in [1.807, 2.05) is 13.0 Å². The van der Waals surface area contributed by atoms with Gasteiger partial charge in [0.05, 0.1) is 47.0 Å². The molecule has 6 rings (SSSR count). The van der Waals surface area contributed by atoms with Crippen LogP contribution in [-0.2, 0) is 0 Å². The summed E-state index contributed by atoms with van der Waals surface area (Å²) in [6, 6.07) is 7.56. The molecule has 0 aliphatic carbocycles. The van der Waals surface area contributed by atoms with E-state index in [1.165, 1.54) is 23.1 Å². The second-order valence-electron chi connectivity index (χ2n) is 8.64. The van der Waals surface area contributed by atoms with E-state index in [0.29, 0.717) is 29.6 Å². The van der Waals surface area contributed by atoms with Crippen molar-refractivity contribution < 1.29 is 9.13 Å². The van der Waals surface area contributed by atoms with Crippen LogP contribution >= 0.6 is 11.6 Å². The van der Waals surface area contributed by atoms with E-state index in [9.17, 15) is 4.79 Å². The molecule has 0 amide bonds. The van der Waals surface area contributed by atoms with Crippen molar-refractivity contribution in [3.05, 3.63) is 81.9 Å². The Kier molecular flexibility index (Phi) is 5.52. The lowest BCUT2D eigenvalue weighted by atomic mass is 10.1. The molecule has 5 heterocycles. The molecule has 37 heavy (non-hydrogen) atoms. The number of hydrogen-bond donors (Lipinski definition) is 1. The topological polar surface area (TPSA) is 129 Å². The first-order valence-corrected chi connectivity index (χ1v) is 11.7. The number of H-pyrrole nitrogens is 1. The van der Waals surface area contributed by atoms with Crippen LogP contribution in [0.25, 0.3) is 28.2 Å². The van der Waals surface area contributed by atoms with E-state index in [2.05, 4.69) is 30.5 Å². The van der Waals surface area contributed by atoms with Gasteiger partial charge in [-0.25, -0.2) is 19.3 Å². The second-order valence-corrected chi connectivity index (χ2v) is 9.05. The normalized spacial score (nSPS) is 16.6. The summed E-state index contributed by atoms with van der Waals surface area (Å²) < 4.78 is 23.4. The minimum absolute atomic E-state index is 0.0443. The number of aromatic nitrogens is 9. The molecule has 1 aliphatic heterocycles. The van der Waals surface area contributed by atoms with Crippen molar-refractivity contribution in [3.63, 3.8) is 0 Å². The van der Waals surface area contributed by atoms with Gasteiger partial charge in [0.15, 0.2) is 5.82 Å². The highest BCUT2D eigenvalue weighted by Gasteiger charge is 2.34. The molecule has 1 aliphatic rings. The summed E-state index contributed by atoms with van der Waals surface area (Å²) in [5, 5.41) is 11.0. The summed E-state index contributed by atoms with van der Waals surface area (Å²) in [4.78, 5) is 30.2. The first-order chi connectivity index (χ1) is 17.9. The van der Waals surface area contributed by atoms with E-state index in [-0.39, 0.29) is 33.8 Å². The smallest absolute Gasteiger partial charge is 0.254 e. The second kappa shape index (κ2) is 8.89. The first-order valence-electron chi connectivity index (χ1n) is 11.3. The molecule has 4 aromatic heterocycles. The molecule has 0 radical (unpaired) electrons. The average molecular weight is 520 g/mol. The van der Waals surface area contributed by atoms with Crippen LogP contribution in [0.15, 0.2) is 53.8 Å². The maximum atomic E-state index is 15.3. The first kappa shape index (κ1) is 23.0. The van der Waals surface area contributed by atoms with E-state index in [4.69, 9.17) is 21.3 Å². The minimum Gasteiger partial charge on any atom is -0.481 e. The molecule has 186 valence electrons. The van der Waals surface area contributed by atoms with Gasteiger partial charge in [-0.05, 0) is 35.0 Å². The van der Waals surface area contributed by atoms with Gasteiger partial charge in [-0.1, -0.05) is 18.5 Å². The Morgan fingerprint density at radius 1 is 1.22 bits per heavy atom. The van der Waals surface area contributed by atoms with Gasteiger partial charge in [0.2, 0.25) is 5.88 Å². The number of fused-ring (bicyclic) bond motifs is 1. The number of halogens is 2. The quantitative estimate of drug-likeness (QED) is 0.373. The lowest BCUT2D eigenvalue weighted by Crippen LogP contribution is -2.25. The lowest BCUT2D eigenvalue weighted by Gasteiger charge is -2.15. The number of rotatable bonds is 5. The van der Waals surface area contributed by atoms with Gasteiger partial charge in [0.25, 0.3) is 5.56 Å². The van der Waals surface area contributed by atoms with Crippen molar-refractivity contribution in [1.29, 1.82) is 0 Å². The molecule has 2 atom stereocenters. The highest BCUT2D eigenvalue weighted by molar-refractivity contribution is 6.31. The predicted octanol–water partition coefficient (Wildman–Crippen LogP) is 3.57. The number of aromatic amines is 1. The molecule has 13 heteroatoms. The average Bonchev–Trinajstić information content (AvgIpc) is 3.66. The van der Waals surface area contributed by atoms with Crippen LogP contribution < -0.4 is 10.3 Å². The van der Waals surface area contributed by atoms with Crippen LogP contribution in [0.2, 0.25) is 5.02 Å². The fourth-order valence-corrected chi connectivity index (χ4v) is 4.82. The number of pyridine rings is 1. The molecule has 0 saturated heterocycles. The molecule has 0 bridgehead atoms. The fourth-order valence-electron chi connectivity index (χ4n) is 4.67. The molecule has 5 aromatic rings. The van der Waals surface area contributed by atoms with E-state index in [1.54, 1.807) is 36.2 Å². The van der Waals surface area contributed by atoms with Gasteiger partial charge in [-0.2, -0.15) is 4.68 Å². The summed E-state index contributed by atoms with van der Waals surface area (Å²) in [5.41, 5.74) is 1.79. The SMILES string of the molecule is COc1cc(-c2cnc([C@@H]3C[C@@H](C)c4nc(-c5c(-n6cnnn6)ccc(Cl)c5F)cc(=O)n43)[nH]2)ccn1. The van der Waals surface area contributed by atoms with Gasteiger partial charge in [0.1, 0.15) is 18.0 Å². The number of methoxy groups -OCH3 is 1. The van der Waals surface area contributed by atoms with E-state index < -0.39 is 5.82 Å². The van der Waals surface area contributed by atoms with Crippen LogP contribution in [0.1, 0.15) is 37.0 Å². The van der Waals surface area contributed by atoms with Crippen molar-refractivity contribution >= 4 is 11.6 Å². The molecule has 0 saturated carbocycles. The summed E-state index contributed by atoms with van der Waals surface area (Å²) in [6.07, 6.45) is 5.28. The highest BCUT2D eigenvalue weighted by atomic mass is 35.5. The van der Waals surface area contributed by atoms with Crippen LogP contribution in [0, 0.1) is 5.82 Å². The van der Waals surface area contributed by atoms with Gasteiger partial charge < -0.3 is 9.72 Å². The zero-order valence-electron chi connectivity index (χ0n) is 19.6. The zero-order chi connectivity index (χ0) is 25.7. The fraction of sp³-hybridized carbons (Fsp3) is 0.208. The van der Waals surface area contributed by atoms with Gasteiger partial charge in [-0.3, -0.25) is 9.36 Å². The maximum Gasteiger partial charge on any atom is 0.254 e. The number of tetrazole rings is 1. The Hall–Kier alpha value is -4.45. The molecule has 0 fully saturated rings. The van der Waals surface area contributed by atoms with Crippen molar-refractivity contribution in [1.82, 2.24) is 44.7 Å².